The van der Waals surface area contributed by atoms with Gasteiger partial charge in [-0.15, -0.1) is 0 Å². The van der Waals surface area contributed by atoms with Crippen molar-refractivity contribution in [3.8, 4) is 0 Å². The van der Waals surface area contributed by atoms with E-state index < -0.39 is 18.1 Å². The minimum Gasteiger partial charge on any atom is -0.389 e. The number of rotatable bonds is 9. The maximum absolute atomic E-state index is 11.2. The van der Waals surface area contributed by atoms with E-state index in [1.54, 1.807) is 0 Å². The fourth-order valence-electron chi connectivity index (χ4n) is 2.10. The fourth-order valence-corrected chi connectivity index (χ4v) is 2.10. The molecule has 1 aliphatic heterocycles. The minimum absolute atomic E-state index is 0.0949. The van der Waals surface area contributed by atoms with Gasteiger partial charge >= 0.3 is 0 Å². The first-order chi connectivity index (χ1) is 9.00. The number of nitrogens with two attached hydrogens (primary N) is 1. The topological polar surface area (TPSA) is 93.8 Å². The van der Waals surface area contributed by atoms with Gasteiger partial charge in [0.25, 0.3) is 0 Å². The molecule has 0 radical (unpaired) electrons. The number of ether oxygens (including phenoxy) is 2. The fraction of sp³-hybridized carbons (Fsp3) is 0.923. The van der Waals surface area contributed by atoms with Gasteiger partial charge in [0.2, 0.25) is 5.91 Å². The van der Waals surface area contributed by atoms with Crippen molar-refractivity contribution in [1.29, 1.82) is 0 Å². The van der Waals surface area contributed by atoms with E-state index in [2.05, 4.69) is 5.32 Å². The summed E-state index contributed by atoms with van der Waals surface area (Å²) in [6, 6.07) is -0.423. The number of carbonyl (C=O) groups excluding carboxylic acids is 1. The molecular formula is C13H26N2O4. The summed E-state index contributed by atoms with van der Waals surface area (Å²) in [7, 11) is 0. The van der Waals surface area contributed by atoms with Gasteiger partial charge in [0.1, 0.15) is 0 Å². The Labute approximate surface area is 114 Å². The molecule has 0 saturated carbocycles. The average molecular weight is 274 g/mol. The number of carbonyl (C=O) groups is 1. The van der Waals surface area contributed by atoms with Gasteiger partial charge < -0.3 is 25.6 Å². The van der Waals surface area contributed by atoms with E-state index in [1.807, 2.05) is 13.8 Å². The van der Waals surface area contributed by atoms with Gasteiger partial charge in [-0.25, -0.2) is 0 Å². The third kappa shape index (κ3) is 6.33. The Morgan fingerprint density at radius 3 is 2.84 bits per heavy atom. The Kier molecular flexibility index (Phi) is 7.30. The normalized spacial score (nSPS) is 22.6. The van der Waals surface area contributed by atoms with Crippen LogP contribution < -0.4 is 11.1 Å². The van der Waals surface area contributed by atoms with Crippen LogP contribution in [-0.2, 0) is 14.3 Å². The molecule has 19 heavy (non-hydrogen) atoms. The van der Waals surface area contributed by atoms with Gasteiger partial charge in [0, 0.05) is 13.2 Å². The standard InChI is InChI=1S/C13H26N2O4/c1-9(2)12(13(14)17)15-6-10(16)7-18-8-11-4-3-5-19-11/h9-12,15-16H,3-8H2,1-2H3,(H2,14,17). The molecule has 112 valence electrons. The highest BCUT2D eigenvalue weighted by Gasteiger charge is 2.20. The zero-order chi connectivity index (χ0) is 14.3. The van der Waals surface area contributed by atoms with Crippen LogP contribution in [0.1, 0.15) is 26.7 Å². The van der Waals surface area contributed by atoms with Crippen LogP contribution in [-0.4, -0.2) is 55.6 Å². The first-order valence-electron chi connectivity index (χ1n) is 6.90. The number of hydrogen-bond donors (Lipinski definition) is 3. The smallest absolute Gasteiger partial charge is 0.234 e. The van der Waals surface area contributed by atoms with Crippen LogP contribution in [0, 0.1) is 5.92 Å². The lowest BCUT2D eigenvalue weighted by Gasteiger charge is -2.21. The minimum atomic E-state index is -0.651. The van der Waals surface area contributed by atoms with Crippen molar-refractivity contribution in [3.63, 3.8) is 0 Å². The molecule has 1 saturated heterocycles. The predicted octanol–water partition coefficient (Wildman–Crippen LogP) is -0.358. The third-order valence-electron chi connectivity index (χ3n) is 3.18. The van der Waals surface area contributed by atoms with Crippen molar-refractivity contribution in [2.24, 2.45) is 11.7 Å². The molecule has 3 unspecified atom stereocenters. The lowest BCUT2D eigenvalue weighted by atomic mass is 10.0. The first-order valence-corrected chi connectivity index (χ1v) is 6.90. The predicted molar refractivity (Wildman–Crippen MR) is 71.6 cm³/mol. The van der Waals surface area contributed by atoms with Gasteiger partial charge in [-0.05, 0) is 18.8 Å². The van der Waals surface area contributed by atoms with Crippen LogP contribution in [0.5, 0.6) is 0 Å². The van der Waals surface area contributed by atoms with Gasteiger partial charge in [0.05, 0.1) is 31.5 Å². The lowest BCUT2D eigenvalue weighted by Crippen LogP contribution is -2.48. The van der Waals surface area contributed by atoms with Gasteiger partial charge in [-0.1, -0.05) is 13.8 Å². The van der Waals surface area contributed by atoms with Crippen LogP contribution in [0.4, 0.5) is 0 Å². The third-order valence-corrected chi connectivity index (χ3v) is 3.18. The van der Waals surface area contributed by atoms with E-state index in [4.69, 9.17) is 15.2 Å². The summed E-state index contributed by atoms with van der Waals surface area (Å²) in [5, 5.41) is 12.7. The number of primary amides is 1. The Hall–Kier alpha value is -0.690. The summed E-state index contributed by atoms with van der Waals surface area (Å²) in [5.74, 6) is -0.306. The molecule has 0 aliphatic carbocycles. The van der Waals surface area contributed by atoms with Crippen molar-refractivity contribution < 1.29 is 19.4 Å². The molecule has 1 rings (SSSR count). The van der Waals surface area contributed by atoms with Crippen molar-refractivity contribution in [2.75, 3.05) is 26.4 Å². The summed E-state index contributed by atoms with van der Waals surface area (Å²) in [5.41, 5.74) is 5.28. The van der Waals surface area contributed by atoms with Crippen LogP contribution in [0.2, 0.25) is 0 Å². The Bertz CT molecular complexity index is 267. The quantitative estimate of drug-likeness (QED) is 0.534. The molecule has 0 aromatic rings. The van der Waals surface area contributed by atoms with Crippen molar-refractivity contribution in [1.82, 2.24) is 5.32 Å². The molecule has 6 nitrogen and oxygen atoms in total. The van der Waals surface area contributed by atoms with E-state index in [1.165, 1.54) is 0 Å². The van der Waals surface area contributed by atoms with E-state index in [0.717, 1.165) is 19.4 Å². The molecule has 0 aromatic carbocycles. The molecule has 1 amide bonds. The van der Waals surface area contributed by atoms with Gasteiger partial charge in [-0.2, -0.15) is 0 Å². The SMILES string of the molecule is CC(C)C(NCC(O)COCC1CCCO1)C(N)=O. The second kappa shape index (κ2) is 8.47. The number of hydrogen-bond acceptors (Lipinski definition) is 5. The zero-order valence-electron chi connectivity index (χ0n) is 11.8. The van der Waals surface area contributed by atoms with Crippen LogP contribution in [0.25, 0.3) is 0 Å². The highest BCUT2D eigenvalue weighted by molar-refractivity contribution is 5.80. The van der Waals surface area contributed by atoms with Crippen molar-refractivity contribution in [2.45, 2.75) is 44.9 Å². The van der Waals surface area contributed by atoms with Gasteiger partial charge in [0.15, 0.2) is 0 Å². The number of amides is 1. The van der Waals surface area contributed by atoms with E-state index in [0.29, 0.717) is 6.61 Å². The maximum atomic E-state index is 11.2. The van der Waals surface area contributed by atoms with E-state index >= 15 is 0 Å². The molecule has 1 aliphatic rings. The largest absolute Gasteiger partial charge is 0.389 e. The number of aliphatic hydroxyl groups excluding tert-OH is 1. The molecule has 0 aromatic heterocycles. The van der Waals surface area contributed by atoms with E-state index in [9.17, 15) is 9.90 Å². The van der Waals surface area contributed by atoms with Crippen LogP contribution in [0.3, 0.4) is 0 Å². The second-order valence-electron chi connectivity index (χ2n) is 5.36. The summed E-state index contributed by atoms with van der Waals surface area (Å²) in [4.78, 5) is 11.2. The molecule has 0 spiro atoms. The number of nitrogens with one attached hydrogen (secondary N) is 1. The van der Waals surface area contributed by atoms with E-state index in [-0.39, 0.29) is 25.2 Å². The Morgan fingerprint density at radius 2 is 2.32 bits per heavy atom. The van der Waals surface area contributed by atoms with Crippen molar-refractivity contribution in [3.05, 3.63) is 0 Å². The highest BCUT2D eigenvalue weighted by Crippen LogP contribution is 2.11. The molecule has 4 N–H and O–H groups in total. The first kappa shape index (κ1) is 16.4. The zero-order valence-corrected chi connectivity index (χ0v) is 11.8. The molecular weight excluding hydrogens is 248 g/mol. The second-order valence-corrected chi connectivity index (χ2v) is 5.36. The monoisotopic (exact) mass is 274 g/mol. The molecule has 3 atom stereocenters. The average Bonchev–Trinajstić information content (AvgIpc) is 2.81. The highest BCUT2D eigenvalue weighted by atomic mass is 16.5. The molecule has 1 fully saturated rings. The lowest BCUT2D eigenvalue weighted by molar-refractivity contribution is -0.121. The molecule has 0 bridgehead atoms. The Balaban J connectivity index is 2.12. The van der Waals surface area contributed by atoms with Crippen LogP contribution in [0.15, 0.2) is 0 Å². The van der Waals surface area contributed by atoms with Crippen LogP contribution >= 0.6 is 0 Å². The molecule has 6 heteroatoms. The molecule has 1 heterocycles. The Morgan fingerprint density at radius 1 is 1.58 bits per heavy atom. The summed E-state index contributed by atoms with van der Waals surface area (Å²) < 4.78 is 10.8. The summed E-state index contributed by atoms with van der Waals surface area (Å²) >= 11 is 0. The van der Waals surface area contributed by atoms with Crippen molar-refractivity contribution >= 4 is 5.91 Å². The summed E-state index contributed by atoms with van der Waals surface area (Å²) in [6.45, 7) is 5.65. The van der Waals surface area contributed by atoms with Gasteiger partial charge in [-0.3, -0.25) is 4.79 Å². The number of aliphatic hydroxyl groups is 1. The summed E-state index contributed by atoms with van der Waals surface area (Å²) in [6.07, 6.45) is 1.61. The maximum Gasteiger partial charge on any atom is 0.234 e.